The summed E-state index contributed by atoms with van der Waals surface area (Å²) in [6, 6.07) is 24.1. The van der Waals surface area contributed by atoms with Crippen LogP contribution >= 0.6 is 0 Å². The van der Waals surface area contributed by atoms with E-state index in [1.165, 1.54) is 0 Å². The number of benzene rings is 3. The van der Waals surface area contributed by atoms with E-state index in [1.54, 1.807) is 0 Å². The van der Waals surface area contributed by atoms with Gasteiger partial charge in [0.1, 0.15) is 16.9 Å². The topological polar surface area (TPSA) is 65.8 Å². The first-order valence-corrected chi connectivity index (χ1v) is 12.3. The van der Waals surface area contributed by atoms with Gasteiger partial charge in [-0.15, -0.1) is 5.10 Å². The second-order valence-corrected chi connectivity index (χ2v) is 9.22. The van der Waals surface area contributed by atoms with Crippen LogP contribution in [-0.4, -0.2) is 29.5 Å². The van der Waals surface area contributed by atoms with E-state index in [4.69, 9.17) is 16.5 Å². The van der Waals surface area contributed by atoms with E-state index >= 15 is 0 Å². The summed E-state index contributed by atoms with van der Waals surface area (Å²) < 4.78 is 4.03. The van der Waals surface area contributed by atoms with Crippen LogP contribution in [0, 0.1) is 20.4 Å². The summed E-state index contributed by atoms with van der Waals surface area (Å²) in [5, 5.41) is 8.61. The smallest absolute Gasteiger partial charge is 0.195 e. The van der Waals surface area contributed by atoms with Crippen molar-refractivity contribution in [1.82, 2.24) is 29.5 Å². The Kier molecular flexibility index (Phi) is 5.50. The van der Waals surface area contributed by atoms with Crippen LogP contribution in [0.5, 0.6) is 0 Å². The van der Waals surface area contributed by atoms with Crippen LogP contribution in [0.25, 0.3) is 43.9 Å². The fraction of sp³-hybridized carbons (Fsp3) is 0.167. The molecular weight excluding hydrogens is 458 g/mol. The van der Waals surface area contributed by atoms with Gasteiger partial charge in [0, 0.05) is 12.1 Å². The van der Waals surface area contributed by atoms with Gasteiger partial charge in [-0.25, -0.2) is 19.5 Å². The van der Waals surface area contributed by atoms with Crippen molar-refractivity contribution in [2.45, 2.75) is 33.7 Å². The van der Waals surface area contributed by atoms with Gasteiger partial charge in [-0.3, -0.25) is 0 Å². The largest absolute Gasteiger partial charge is 0.308 e. The number of fused-ring (bicyclic) bond motifs is 2. The van der Waals surface area contributed by atoms with Crippen LogP contribution in [0.2, 0.25) is 0 Å². The van der Waals surface area contributed by atoms with Crippen molar-refractivity contribution in [3.8, 4) is 16.8 Å². The molecule has 3 aromatic carbocycles. The first kappa shape index (κ1) is 22.6. The van der Waals surface area contributed by atoms with Gasteiger partial charge >= 0.3 is 0 Å². The highest BCUT2D eigenvalue weighted by Crippen LogP contribution is 2.33. The van der Waals surface area contributed by atoms with Crippen molar-refractivity contribution in [2.24, 2.45) is 0 Å². The number of aryl methyl sites for hydroxylation is 3. The highest BCUT2D eigenvalue weighted by Gasteiger charge is 2.15. The van der Waals surface area contributed by atoms with Gasteiger partial charge in [0.05, 0.1) is 24.3 Å². The maximum atomic E-state index is 7.71. The highest BCUT2D eigenvalue weighted by atomic mass is 15.4. The fourth-order valence-electron chi connectivity index (χ4n) is 4.90. The van der Waals surface area contributed by atoms with Gasteiger partial charge in [-0.2, -0.15) is 0 Å². The Hall–Kier alpha value is -4.83. The molecule has 6 rings (SSSR count). The molecule has 0 saturated carbocycles. The van der Waals surface area contributed by atoms with Crippen molar-refractivity contribution in [1.29, 1.82) is 0 Å². The minimum absolute atomic E-state index is 0.602. The third-order valence-electron chi connectivity index (χ3n) is 6.72. The predicted octanol–water partition coefficient (Wildman–Crippen LogP) is 6.61. The summed E-state index contributed by atoms with van der Waals surface area (Å²) in [4.78, 5) is 13.4. The Bertz CT molecular complexity index is 1820. The molecule has 0 N–H and O–H groups in total. The molecule has 7 nitrogen and oxygen atoms in total. The molecule has 0 amide bonds. The monoisotopic (exact) mass is 483 g/mol. The van der Waals surface area contributed by atoms with E-state index in [1.807, 2.05) is 54.1 Å². The molecule has 37 heavy (non-hydrogen) atoms. The minimum Gasteiger partial charge on any atom is -0.308 e. The van der Waals surface area contributed by atoms with Crippen LogP contribution in [0.1, 0.15) is 29.6 Å². The zero-order chi connectivity index (χ0) is 25.5. The SMILES string of the molecule is [C-]#[N+]c1ccc(-n2nnc3ccccc32)cc1-c1ccc(Cn2c(CC)nc3c(C)cc(C)nc32)cc1. The van der Waals surface area contributed by atoms with Crippen LogP contribution in [0.3, 0.4) is 0 Å². The Balaban J connectivity index is 1.37. The molecule has 3 aromatic heterocycles. The molecule has 0 spiro atoms. The van der Waals surface area contributed by atoms with E-state index in [9.17, 15) is 0 Å². The van der Waals surface area contributed by atoms with Gasteiger partial charge < -0.3 is 4.57 Å². The van der Waals surface area contributed by atoms with Gasteiger partial charge in [-0.05, 0) is 66.4 Å². The zero-order valence-electron chi connectivity index (χ0n) is 21.0. The molecule has 0 aliphatic rings. The Morgan fingerprint density at radius 2 is 1.73 bits per heavy atom. The third kappa shape index (κ3) is 3.93. The molecule has 180 valence electrons. The minimum atomic E-state index is 0.602. The van der Waals surface area contributed by atoms with E-state index in [0.29, 0.717) is 12.2 Å². The number of nitrogens with zero attached hydrogens (tertiary/aromatic N) is 7. The quantitative estimate of drug-likeness (QED) is 0.259. The summed E-state index contributed by atoms with van der Waals surface area (Å²) in [5.41, 5.74) is 10.3. The van der Waals surface area contributed by atoms with Gasteiger partial charge in [0.15, 0.2) is 11.3 Å². The van der Waals surface area contributed by atoms with E-state index < -0.39 is 0 Å². The Labute approximate surface area is 214 Å². The highest BCUT2D eigenvalue weighted by molar-refractivity contribution is 5.82. The van der Waals surface area contributed by atoms with Crippen LogP contribution < -0.4 is 0 Å². The molecule has 0 saturated heterocycles. The molecule has 0 radical (unpaired) electrons. The van der Waals surface area contributed by atoms with Crippen LogP contribution in [0.15, 0.2) is 72.8 Å². The molecule has 0 aliphatic carbocycles. The van der Waals surface area contributed by atoms with E-state index in [-0.39, 0.29) is 0 Å². The molecular formula is C30H25N7. The summed E-state index contributed by atoms with van der Waals surface area (Å²) >= 11 is 0. The van der Waals surface area contributed by atoms with Crippen molar-refractivity contribution in [2.75, 3.05) is 0 Å². The summed E-state index contributed by atoms with van der Waals surface area (Å²) in [6.45, 7) is 14.6. The second-order valence-electron chi connectivity index (χ2n) is 9.22. The number of hydrogen-bond donors (Lipinski definition) is 0. The third-order valence-corrected chi connectivity index (χ3v) is 6.72. The van der Waals surface area contributed by atoms with Crippen LogP contribution in [-0.2, 0) is 13.0 Å². The normalized spacial score (nSPS) is 11.3. The van der Waals surface area contributed by atoms with E-state index in [0.717, 1.165) is 68.1 Å². The first-order chi connectivity index (χ1) is 18.1. The number of hydrogen-bond acceptors (Lipinski definition) is 4. The molecule has 0 aliphatic heterocycles. The second kappa shape index (κ2) is 8.99. The van der Waals surface area contributed by atoms with Crippen molar-refractivity contribution >= 4 is 27.9 Å². The lowest BCUT2D eigenvalue weighted by Crippen LogP contribution is -2.05. The van der Waals surface area contributed by atoms with Gasteiger partial charge in [0.25, 0.3) is 0 Å². The molecule has 0 bridgehead atoms. The summed E-state index contributed by atoms with van der Waals surface area (Å²) in [5.74, 6) is 1.03. The zero-order valence-corrected chi connectivity index (χ0v) is 21.0. The van der Waals surface area contributed by atoms with Crippen molar-refractivity contribution < 1.29 is 0 Å². The van der Waals surface area contributed by atoms with Crippen molar-refractivity contribution in [3.05, 3.63) is 107 Å². The molecule has 0 unspecified atom stereocenters. The molecule has 0 atom stereocenters. The Morgan fingerprint density at radius 3 is 2.51 bits per heavy atom. The lowest BCUT2D eigenvalue weighted by molar-refractivity contribution is 0.745. The molecule has 6 aromatic rings. The fourth-order valence-corrected chi connectivity index (χ4v) is 4.90. The maximum absolute atomic E-state index is 7.71. The van der Waals surface area contributed by atoms with E-state index in [2.05, 4.69) is 63.9 Å². The average molecular weight is 484 g/mol. The molecule has 7 heteroatoms. The lowest BCUT2D eigenvalue weighted by atomic mass is 10.0. The molecule has 0 fully saturated rings. The van der Waals surface area contributed by atoms with Crippen molar-refractivity contribution in [3.63, 3.8) is 0 Å². The Morgan fingerprint density at radius 1 is 0.919 bits per heavy atom. The average Bonchev–Trinajstić information content (AvgIpc) is 3.51. The standard InChI is InChI=1S/C30H25N7/c1-5-28-33-29-19(2)16-20(3)32-30(29)36(28)18-21-10-12-22(13-11-21)24-17-23(14-15-25(24)31-4)37-27-9-7-6-8-26(27)34-35-37/h6-17H,5,18H2,1-3H3. The summed E-state index contributed by atoms with van der Waals surface area (Å²) in [6.07, 6.45) is 0.838. The number of pyridine rings is 1. The van der Waals surface area contributed by atoms with Gasteiger partial charge in [-0.1, -0.05) is 54.6 Å². The first-order valence-electron chi connectivity index (χ1n) is 12.3. The number of para-hydroxylation sites is 1. The number of rotatable bonds is 5. The summed E-state index contributed by atoms with van der Waals surface area (Å²) in [7, 11) is 0. The molecule has 3 heterocycles. The predicted molar refractivity (Wildman–Crippen MR) is 146 cm³/mol. The maximum Gasteiger partial charge on any atom is 0.195 e. The number of aromatic nitrogens is 6. The number of imidazole rings is 1. The van der Waals surface area contributed by atoms with Crippen LogP contribution in [0.4, 0.5) is 5.69 Å². The lowest BCUT2D eigenvalue weighted by Gasteiger charge is -2.11. The van der Waals surface area contributed by atoms with Gasteiger partial charge in [0.2, 0.25) is 0 Å².